The highest BCUT2D eigenvalue weighted by molar-refractivity contribution is 5.94. The number of alkyl halides is 3. The molecule has 0 radical (unpaired) electrons. The topological polar surface area (TPSA) is 104 Å². The molecule has 3 heterocycles. The number of piperidine rings is 1. The number of hydrogen-bond donors (Lipinski definition) is 3. The summed E-state index contributed by atoms with van der Waals surface area (Å²) >= 11 is 0. The number of likely N-dealkylation sites (tertiary alicyclic amines) is 1. The van der Waals surface area contributed by atoms with Crippen LogP contribution in [0.25, 0.3) is 0 Å². The number of carbonyl (C=O) groups excluding carboxylic acids is 1. The molecule has 2 aromatic rings. The van der Waals surface area contributed by atoms with Crippen molar-refractivity contribution in [1.82, 2.24) is 25.2 Å². The fraction of sp³-hybridized carbons (Fsp3) is 0.621. The maximum Gasteiger partial charge on any atom is 0.421 e. The summed E-state index contributed by atoms with van der Waals surface area (Å²) in [5, 5.41) is 5.97. The first-order valence-corrected chi connectivity index (χ1v) is 14.7. The monoisotopic (exact) mass is 591 g/mol. The van der Waals surface area contributed by atoms with Crippen molar-refractivity contribution in [2.24, 2.45) is 0 Å². The highest BCUT2D eigenvalue weighted by Crippen LogP contribution is 2.36. The van der Waals surface area contributed by atoms with Gasteiger partial charge in [0.1, 0.15) is 11.4 Å². The average molecular weight is 592 g/mol. The number of hydrogen-bond acceptors (Lipinski definition) is 9. The number of nitrogens with one attached hydrogen (secondary N) is 3. The Morgan fingerprint density at radius 3 is 2.48 bits per heavy atom. The van der Waals surface area contributed by atoms with E-state index < -0.39 is 11.7 Å². The molecule has 1 amide bonds. The van der Waals surface area contributed by atoms with E-state index in [2.05, 4.69) is 38.0 Å². The Kier molecular flexibility index (Phi) is 9.81. The highest BCUT2D eigenvalue weighted by atomic mass is 19.4. The van der Waals surface area contributed by atoms with Gasteiger partial charge < -0.3 is 25.2 Å². The van der Waals surface area contributed by atoms with Crippen molar-refractivity contribution in [1.29, 1.82) is 0 Å². The first-order valence-electron chi connectivity index (χ1n) is 14.7. The number of hydroxylamine groups is 1. The van der Waals surface area contributed by atoms with Crippen LogP contribution in [0, 0.1) is 0 Å². The lowest BCUT2D eigenvalue weighted by Crippen LogP contribution is -2.44. The average Bonchev–Trinajstić information content (AvgIpc) is 3.43. The molecule has 3 N–H and O–H groups in total. The highest BCUT2D eigenvalue weighted by Gasteiger charge is 2.38. The van der Waals surface area contributed by atoms with Gasteiger partial charge in [0, 0.05) is 49.8 Å². The van der Waals surface area contributed by atoms with Crippen LogP contribution >= 0.6 is 0 Å². The van der Waals surface area contributed by atoms with E-state index in [0.717, 1.165) is 57.8 Å². The lowest BCUT2D eigenvalue weighted by Gasteiger charge is -2.35. The standard InChI is InChI=1S/C29H40F3N7O3/c1-38-14-10-22(11-15-38)39(2)27(40)19-6-8-20(9-7-19)34-28-33-18-23(29(30,31)32)26(36-28)35-24-4-3-5-25(24)42-37-21-12-16-41-17-13-21/h6-9,18,21-22,24-25,37H,3-5,10-17H2,1-2H3,(H2,33,34,35,36). The molecule has 10 nitrogen and oxygen atoms in total. The zero-order valence-corrected chi connectivity index (χ0v) is 24.1. The van der Waals surface area contributed by atoms with Crippen molar-refractivity contribution >= 4 is 23.4 Å². The second-order valence-corrected chi connectivity index (χ2v) is 11.4. The molecule has 42 heavy (non-hydrogen) atoms. The third-order valence-electron chi connectivity index (χ3n) is 8.42. The van der Waals surface area contributed by atoms with Crippen LogP contribution in [0.4, 0.5) is 30.6 Å². The summed E-state index contributed by atoms with van der Waals surface area (Å²) in [7, 11) is 3.91. The predicted molar refractivity (Wildman–Crippen MR) is 152 cm³/mol. The van der Waals surface area contributed by atoms with E-state index in [-0.39, 0.29) is 41.9 Å². The molecule has 1 aromatic heterocycles. The van der Waals surface area contributed by atoms with E-state index in [1.54, 1.807) is 29.2 Å². The summed E-state index contributed by atoms with van der Waals surface area (Å²) in [5.74, 6) is -0.338. The van der Waals surface area contributed by atoms with Gasteiger partial charge >= 0.3 is 6.18 Å². The van der Waals surface area contributed by atoms with Gasteiger partial charge in [-0.3, -0.25) is 9.63 Å². The number of carbonyl (C=O) groups is 1. The van der Waals surface area contributed by atoms with Gasteiger partial charge in [-0.1, -0.05) is 0 Å². The second-order valence-electron chi connectivity index (χ2n) is 11.4. The molecule has 2 aliphatic heterocycles. The van der Waals surface area contributed by atoms with Crippen molar-refractivity contribution in [2.45, 2.75) is 75.4 Å². The Bertz CT molecular complexity index is 1190. The number of rotatable bonds is 9. The number of amides is 1. The molecule has 13 heteroatoms. The molecule has 1 aromatic carbocycles. The first kappa shape index (κ1) is 30.5. The minimum atomic E-state index is -4.63. The van der Waals surface area contributed by atoms with E-state index in [0.29, 0.717) is 30.9 Å². The third kappa shape index (κ3) is 7.68. The van der Waals surface area contributed by atoms with Crippen LogP contribution in [-0.2, 0) is 15.8 Å². The maximum absolute atomic E-state index is 13.9. The van der Waals surface area contributed by atoms with Gasteiger partial charge in [0.15, 0.2) is 0 Å². The summed E-state index contributed by atoms with van der Waals surface area (Å²) in [5.41, 5.74) is 3.25. The van der Waals surface area contributed by atoms with E-state index in [4.69, 9.17) is 9.57 Å². The van der Waals surface area contributed by atoms with Gasteiger partial charge in [-0.2, -0.15) is 23.6 Å². The molecule has 0 bridgehead atoms. The number of ether oxygens (including phenoxy) is 1. The zero-order valence-electron chi connectivity index (χ0n) is 24.1. The fourth-order valence-corrected chi connectivity index (χ4v) is 5.74. The summed E-state index contributed by atoms with van der Waals surface area (Å²) in [4.78, 5) is 31.1. The van der Waals surface area contributed by atoms with Crippen molar-refractivity contribution < 1.29 is 27.5 Å². The quantitative estimate of drug-likeness (QED) is 0.365. The Morgan fingerprint density at radius 2 is 1.79 bits per heavy atom. The summed E-state index contributed by atoms with van der Waals surface area (Å²) in [6.45, 7) is 3.23. The molecular weight excluding hydrogens is 551 g/mol. The van der Waals surface area contributed by atoms with Gasteiger partial charge in [0.05, 0.1) is 12.1 Å². The van der Waals surface area contributed by atoms with Gasteiger partial charge in [0.25, 0.3) is 5.91 Å². The number of nitrogens with zero attached hydrogens (tertiary/aromatic N) is 4. The summed E-state index contributed by atoms with van der Waals surface area (Å²) in [6.07, 6.45) is 1.60. The largest absolute Gasteiger partial charge is 0.421 e. The summed E-state index contributed by atoms with van der Waals surface area (Å²) in [6, 6.07) is 6.82. The van der Waals surface area contributed by atoms with Crippen LogP contribution in [0.1, 0.15) is 60.9 Å². The molecular formula is C29H40F3N7O3. The van der Waals surface area contributed by atoms with Gasteiger partial charge in [-0.25, -0.2) is 4.98 Å². The number of halogens is 3. The molecule has 1 aliphatic carbocycles. The molecule has 0 spiro atoms. The Balaban J connectivity index is 1.24. The molecule has 5 rings (SSSR count). The second kappa shape index (κ2) is 13.5. The van der Waals surface area contributed by atoms with Crippen LogP contribution in [0.3, 0.4) is 0 Å². The zero-order chi connectivity index (χ0) is 29.7. The molecule has 2 saturated heterocycles. The normalized spacial score (nSPS) is 22.7. The van der Waals surface area contributed by atoms with E-state index in [1.165, 1.54) is 0 Å². The van der Waals surface area contributed by atoms with Gasteiger partial charge in [-0.05, 0) is 89.3 Å². The molecule has 2 unspecified atom stereocenters. The third-order valence-corrected chi connectivity index (χ3v) is 8.42. The predicted octanol–water partition coefficient (Wildman–Crippen LogP) is 4.44. The van der Waals surface area contributed by atoms with Crippen LogP contribution in [-0.4, -0.2) is 90.3 Å². The number of anilines is 3. The van der Waals surface area contributed by atoms with Crippen molar-refractivity contribution in [3.8, 4) is 0 Å². The van der Waals surface area contributed by atoms with Crippen molar-refractivity contribution in [2.75, 3.05) is 51.0 Å². The van der Waals surface area contributed by atoms with Crippen LogP contribution < -0.4 is 16.1 Å². The SMILES string of the molecule is CN1CCC(N(C)C(=O)c2ccc(Nc3ncc(C(F)(F)F)c(NC4CCCC4ONC4CCOCC4)n3)cc2)CC1. The lowest BCUT2D eigenvalue weighted by molar-refractivity contribution is -0.137. The van der Waals surface area contributed by atoms with Crippen LogP contribution in [0.2, 0.25) is 0 Å². The smallest absolute Gasteiger partial charge is 0.381 e. The summed E-state index contributed by atoms with van der Waals surface area (Å²) < 4.78 is 47.0. The molecule has 2 atom stereocenters. The van der Waals surface area contributed by atoms with E-state index >= 15 is 0 Å². The van der Waals surface area contributed by atoms with E-state index in [1.807, 2.05) is 7.05 Å². The van der Waals surface area contributed by atoms with E-state index in [9.17, 15) is 18.0 Å². The minimum absolute atomic E-state index is 0.0174. The lowest BCUT2D eigenvalue weighted by atomic mass is 10.0. The number of aromatic nitrogens is 2. The van der Waals surface area contributed by atoms with Crippen LogP contribution in [0.15, 0.2) is 30.5 Å². The fourth-order valence-electron chi connectivity index (χ4n) is 5.74. The first-order chi connectivity index (χ1) is 20.2. The van der Waals surface area contributed by atoms with Crippen LogP contribution in [0.5, 0.6) is 0 Å². The van der Waals surface area contributed by atoms with Gasteiger partial charge in [0.2, 0.25) is 5.95 Å². The molecule has 230 valence electrons. The van der Waals surface area contributed by atoms with Crippen molar-refractivity contribution in [3.63, 3.8) is 0 Å². The van der Waals surface area contributed by atoms with Crippen molar-refractivity contribution in [3.05, 3.63) is 41.6 Å². The minimum Gasteiger partial charge on any atom is -0.381 e. The Hall–Kier alpha value is -3.00. The Morgan fingerprint density at radius 1 is 1.07 bits per heavy atom. The van der Waals surface area contributed by atoms with Gasteiger partial charge in [-0.15, -0.1) is 0 Å². The molecule has 3 aliphatic rings. The molecule has 3 fully saturated rings. The number of benzene rings is 1. The Labute approximate surface area is 244 Å². The maximum atomic E-state index is 13.9. The molecule has 1 saturated carbocycles.